The van der Waals surface area contributed by atoms with Crippen molar-refractivity contribution in [3.05, 3.63) is 30.2 Å². The van der Waals surface area contributed by atoms with Crippen molar-refractivity contribution in [2.45, 2.75) is 18.1 Å². The van der Waals surface area contributed by atoms with Gasteiger partial charge in [0.05, 0.1) is 10.6 Å². The van der Waals surface area contributed by atoms with E-state index >= 15 is 0 Å². The highest BCUT2D eigenvalue weighted by atomic mass is 32.2. The van der Waals surface area contributed by atoms with Crippen LogP contribution in [0.4, 0.5) is 0 Å². The predicted molar refractivity (Wildman–Crippen MR) is 91.1 cm³/mol. The number of carbonyl (C=O) groups excluding carboxylic acids is 2. The number of nitrogens with two attached hydrogens (primary N) is 1. The lowest BCUT2D eigenvalue weighted by Crippen LogP contribution is -2.25. The van der Waals surface area contributed by atoms with Crippen LogP contribution in [0.25, 0.3) is 10.7 Å². The first kappa shape index (κ1) is 17.2. The van der Waals surface area contributed by atoms with Gasteiger partial charge in [-0.25, -0.2) is 0 Å². The number of thiophene rings is 1. The zero-order valence-corrected chi connectivity index (χ0v) is 14.0. The van der Waals surface area contributed by atoms with Gasteiger partial charge in [-0.15, -0.1) is 28.1 Å². The second-order valence-corrected chi connectivity index (χ2v) is 6.42. The number of hydrogen-bond donors (Lipinski definition) is 2. The smallest absolute Gasteiger partial charge is 0.230 e. The van der Waals surface area contributed by atoms with Gasteiger partial charge in [-0.1, -0.05) is 23.9 Å². The number of nitrogens with one attached hydrogen (secondary N) is 1. The molecule has 23 heavy (non-hydrogen) atoms. The average molecular weight is 351 g/mol. The van der Waals surface area contributed by atoms with Crippen molar-refractivity contribution in [2.75, 3.05) is 12.3 Å². The lowest BCUT2D eigenvalue weighted by Gasteiger charge is -2.08. The number of nitrogens with zero attached hydrogens (tertiary/aromatic N) is 3. The molecule has 0 saturated carbocycles. The van der Waals surface area contributed by atoms with Gasteiger partial charge in [-0.2, -0.15) is 0 Å². The summed E-state index contributed by atoms with van der Waals surface area (Å²) in [6, 6.07) is 3.85. The van der Waals surface area contributed by atoms with Gasteiger partial charge in [-0.05, 0) is 11.4 Å². The molecule has 2 aromatic rings. The maximum absolute atomic E-state index is 11.7. The number of primary amides is 1. The van der Waals surface area contributed by atoms with Crippen molar-refractivity contribution in [3.8, 4) is 10.7 Å². The van der Waals surface area contributed by atoms with Gasteiger partial charge in [-0.3, -0.25) is 9.59 Å². The third-order valence-electron chi connectivity index (χ3n) is 2.82. The second kappa shape index (κ2) is 8.49. The zero-order valence-electron chi connectivity index (χ0n) is 12.4. The first-order chi connectivity index (χ1) is 11.1. The maximum Gasteiger partial charge on any atom is 0.230 e. The summed E-state index contributed by atoms with van der Waals surface area (Å²) in [7, 11) is 0. The van der Waals surface area contributed by atoms with Crippen LogP contribution in [0.2, 0.25) is 0 Å². The normalized spacial score (nSPS) is 10.4. The van der Waals surface area contributed by atoms with E-state index in [2.05, 4.69) is 22.1 Å². The molecule has 3 N–H and O–H groups in total. The average Bonchev–Trinajstić information content (AvgIpc) is 3.17. The lowest BCUT2D eigenvalue weighted by atomic mass is 10.4. The summed E-state index contributed by atoms with van der Waals surface area (Å²) in [5, 5.41) is 13.5. The molecule has 0 unspecified atom stereocenters. The molecule has 0 aromatic carbocycles. The van der Waals surface area contributed by atoms with Crippen molar-refractivity contribution in [3.63, 3.8) is 0 Å². The van der Waals surface area contributed by atoms with Gasteiger partial charge in [0.15, 0.2) is 11.0 Å². The van der Waals surface area contributed by atoms with Gasteiger partial charge < -0.3 is 15.6 Å². The van der Waals surface area contributed by atoms with Crippen LogP contribution in [0, 0.1) is 0 Å². The van der Waals surface area contributed by atoms with Gasteiger partial charge in [0, 0.05) is 19.5 Å². The van der Waals surface area contributed by atoms with Crippen LogP contribution in [0.3, 0.4) is 0 Å². The maximum atomic E-state index is 11.7. The Morgan fingerprint density at radius 3 is 2.96 bits per heavy atom. The second-order valence-electron chi connectivity index (χ2n) is 4.53. The molecule has 0 bridgehead atoms. The van der Waals surface area contributed by atoms with Crippen molar-refractivity contribution >= 4 is 34.9 Å². The number of amides is 2. The molecule has 9 heteroatoms. The highest BCUT2D eigenvalue weighted by Gasteiger charge is 2.16. The molecule has 0 radical (unpaired) electrons. The van der Waals surface area contributed by atoms with E-state index < -0.39 is 5.91 Å². The van der Waals surface area contributed by atoms with Crippen molar-refractivity contribution in [2.24, 2.45) is 5.73 Å². The molecule has 2 rings (SSSR count). The Labute approximate surface area is 142 Å². The molecular formula is C14H17N5O2S2. The summed E-state index contributed by atoms with van der Waals surface area (Å²) < 4.78 is 1.82. The summed E-state index contributed by atoms with van der Waals surface area (Å²) in [5.74, 6) is 0.385. The SMILES string of the molecule is C=CCNC(=O)CSc1nnc(-c2cccs2)n1CCC(N)=O. The third kappa shape index (κ3) is 4.93. The van der Waals surface area contributed by atoms with Gasteiger partial charge in [0.1, 0.15) is 0 Å². The summed E-state index contributed by atoms with van der Waals surface area (Å²) in [5.41, 5.74) is 5.23. The highest BCUT2D eigenvalue weighted by Crippen LogP contribution is 2.27. The van der Waals surface area contributed by atoms with Gasteiger partial charge >= 0.3 is 0 Å². The van der Waals surface area contributed by atoms with Crippen LogP contribution in [0.5, 0.6) is 0 Å². The van der Waals surface area contributed by atoms with Crippen LogP contribution in [0.15, 0.2) is 35.3 Å². The number of hydrogen-bond acceptors (Lipinski definition) is 6. The quantitative estimate of drug-likeness (QED) is 0.523. The van der Waals surface area contributed by atoms with Crippen LogP contribution in [0.1, 0.15) is 6.42 Å². The van der Waals surface area contributed by atoms with Gasteiger partial charge in [0.2, 0.25) is 11.8 Å². The number of rotatable bonds is 9. The zero-order chi connectivity index (χ0) is 16.7. The number of aromatic nitrogens is 3. The fourth-order valence-electron chi connectivity index (χ4n) is 1.77. The highest BCUT2D eigenvalue weighted by molar-refractivity contribution is 7.99. The molecule has 2 amide bonds. The molecule has 0 aliphatic carbocycles. The molecular weight excluding hydrogens is 334 g/mol. The topological polar surface area (TPSA) is 103 Å². The van der Waals surface area contributed by atoms with E-state index in [1.165, 1.54) is 23.1 Å². The lowest BCUT2D eigenvalue weighted by molar-refractivity contribution is -0.119. The first-order valence-corrected chi connectivity index (χ1v) is 8.74. The fourth-order valence-corrected chi connectivity index (χ4v) is 3.29. The van der Waals surface area contributed by atoms with Crippen molar-refractivity contribution in [1.29, 1.82) is 0 Å². The Kier molecular flexibility index (Phi) is 6.36. The number of thioether (sulfide) groups is 1. The van der Waals surface area contributed by atoms with Crippen molar-refractivity contribution < 1.29 is 9.59 Å². The van der Waals surface area contributed by atoms with Gasteiger partial charge in [0.25, 0.3) is 0 Å². The Bertz CT molecular complexity index is 681. The van der Waals surface area contributed by atoms with Crippen LogP contribution >= 0.6 is 23.1 Å². The Morgan fingerprint density at radius 2 is 2.30 bits per heavy atom. The third-order valence-corrected chi connectivity index (χ3v) is 4.65. The molecule has 122 valence electrons. The van der Waals surface area contributed by atoms with E-state index in [9.17, 15) is 9.59 Å². The first-order valence-electron chi connectivity index (χ1n) is 6.87. The van der Waals surface area contributed by atoms with E-state index in [4.69, 9.17) is 5.73 Å². The Balaban J connectivity index is 2.13. The Morgan fingerprint density at radius 1 is 1.48 bits per heavy atom. The van der Waals surface area contributed by atoms with Crippen LogP contribution < -0.4 is 11.1 Å². The van der Waals surface area contributed by atoms with E-state index in [1.807, 2.05) is 22.1 Å². The molecule has 0 atom stereocenters. The summed E-state index contributed by atoms with van der Waals surface area (Å²) in [4.78, 5) is 23.7. The minimum Gasteiger partial charge on any atom is -0.370 e. The summed E-state index contributed by atoms with van der Waals surface area (Å²) in [6.45, 7) is 4.35. The molecule has 2 aromatic heterocycles. The largest absolute Gasteiger partial charge is 0.370 e. The monoisotopic (exact) mass is 351 g/mol. The van der Waals surface area contributed by atoms with E-state index in [-0.39, 0.29) is 18.1 Å². The fraction of sp³-hybridized carbons (Fsp3) is 0.286. The molecule has 0 fully saturated rings. The minimum atomic E-state index is -0.393. The molecule has 7 nitrogen and oxygen atoms in total. The van der Waals surface area contributed by atoms with Crippen molar-refractivity contribution in [1.82, 2.24) is 20.1 Å². The standard InChI is InChI=1S/C14H17N5O2S2/c1-2-6-16-12(21)9-23-14-18-17-13(10-4-3-8-22-10)19(14)7-5-11(15)20/h2-4,8H,1,5-7,9H2,(H2,15,20)(H,16,21). The minimum absolute atomic E-state index is 0.114. The summed E-state index contributed by atoms with van der Waals surface area (Å²) >= 11 is 2.81. The summed E-state index contributed by atoms with van der Waals surface area (Å²) in [6.07, 6.45) is 1.81. The molecule has 0 spiro atoms. The van der Waals surface area contributed by atoms with E-state index in [0.717, 1.165) is 4.88 Å². The molecule has 0 aliphatic heterocycles. The number of carbonyl (C=O) groups is 2. The van der Waals surface area contributed by atoms with E-state index in [1.54, 1.807) is 6.08 Å². The molecule has 2 heterocycles. The van der Waals surface area contributed by atoms with E-state index in [0.29, 0.717) is 24.1 Å². The molecule has 0 saturated heterocycles. The van der Waals surface area contributed by atoms with Crippen LogP contribution in [-0.2, 0) is 16.1 Å². The predicted octanol–water partition coefficient (Wildman–Crippen LogP) is 1.28. The van der Waals surface area contributed by atoms with Crippen LogP contribution in [-0.4, -0.2) is 38.9 Å². The molecule has 0 aliphatic rings. The Hall–Kier alpha value is -2.13.